The molecule has 0 aliphatic heterocycles. The van der Waals surface area contributed by atoms with Crippen LogP contribution in [0.5, 0.6) is 0 Å². The monoisotopic (exact) mass is 186 g/mol. The summed E-state index contributed by atoms with van der Waals surface area (Å²) in [7, 11) is 1.93. The maximum atomic E-state index is 10.8. The van der Waals surface area contributed by atoms with Gasteiger partial charge in [0.1, 0.15) is 0 Å². The molecule has 3 heteroatoms. The number of aldehydes is 1. The van der Waals surface area contributed by atoms with E-state index in [-0.39, 0.29) is 0 Å². The Bertz CT molecular complexity index is 460. The van der Waals surface area contributed by atoms with Crippen LogP contribution < -0.4 is 0 Å². The molecule has 0 aliphatic rings. The quantitative estimate of drug-likeness (QED) is 0.671. The van der Waals surface area contributed by atoms with Crippen molar-refractivity contribution in [2.75, 3.05) is 0 Å². The molecule has 0 atom stereocenters. The first-order chi connectivity index (χ1) is 6.83. The van der Waals surface area contributed by atoms with Crippen molar-refractivity contribution in [3.8, 4) is 11.4 Å². The van der Waals surface area contributed by atoms with E-state index in [9.17, 15) is 4.79 Å². The highest BCUT2D eigenvalue weighted by atomic mass is 16.1. The topological polar surface area (TPSA) is 34.9 Å². The van der Waals surface area contributed by atoms with Gasteiger partial charge in [-0.3, -0.25) is 9.78 Å². The number of pyridine rings is 1. The zero-order valence-electron chi connectivity index (χ0n) is 7.84. The second-order valence-corrected chi connectivity index (χ2v) is 3.06. The first-order valence-corrected chi connectivity index (χ1v) is 4.35. The third kappa shape index (κ3) is 1.33. The fraction of sp³-hybridized carbons (Fsp3) is 0.0909. The summed E-state index contributed by atoms with van der Waals surface area (Å²) < 4.78 is 1.94. The van der Waals surface area contributed by atoms with Crippen molar-refractivity contribution in [3.63, 3.8) is 0 Å². The van der Waals surface area contributed by atoms with E-state index in [0.29, 0.717) is 5.56 Å². The summed E-state index contributed by atoms with van der Waals surface area (Å²) in [5.41, 5.74) is 2.30. The lowest BCUT2D eigenvalue weighted by molar-refractivity contribution is 0.112. The normalized spacial score (nSPS) is 10.1. The Morgan fingerprint density at radius 2 is 2.21 bits per heavy atom. The molecule has 2 aromatic rings. The molecule has 0 aliphatic carbocycles. The predicted molar refractivity (Wildman–Crippen MR) is 54.0 cm³/mol. The maximum Gasteiger partial charge on any atom is 0.152 e. The Morgan fingerprint density at radius 3 is 2.86 bits per heavy atom. The highest BCUT2D eigenvalue weighted by Crippen LogP contribution is 2.19. The van der Waals surface area contributed by atoms with Crippen molar-refractivity contribution in [2.24, 2.45) is 7.05 Å². The lowest BCUT2D eigenvalue weighted by Crippen LogP contribution is -1.95. The number of aromatic nitrogens is 2. The molecule has 2 heterocycles. The van der Waals surface area contributed by atoms with Crippen LogP contribution in [0, 0.1) is 0 Å². The van der Waals surface area contributed by atoms with Crippen LogP contribution in [-0.4, -0.2) is 15.8 Å². The number of hydrogen-bond acceptors (Lipinski definition) is 2. The summed E-state index contributed by atoms with van der Waals surface area (Å²) in [6.07, 6.45) is 4.45. The van der Waals surface area contributed by atoms with Crippen LogP contribution in [0.25, 0.3) is 11.4 Å². The average Bonchev–Trinajstić information content (AvgIpc) is 2.64. The Hall–Kier alpha value is -1.90. The number of carbonyl (C=O) groups excluding carboxylic acids is 1. The minimum Gasteiger partial charge on any atom is -0.349 e. The van der Waals surface area contributed by atoms with E-state index >= 15 is 0 Å². The van der Waals surface area contributed by atoms with Crippen molar-refractivity contribution >= 4 is 6.29 Å². The minimum absolute atomic E-state index is 0.620. The molecule has 0 fully saturated rings. The van der Waals surface area contributed by atoms with Gasteiger partial charge in [-0.15, -0.1) is 0 Å². The van der Waals surface area contributed by atoms with E-state index in [2.05, 4.69) is 4.98 Å². The van der Waals surface area contributed by atoms with Crippen LogP contribution in [0.2, 0.25) is 0 Å². The zero-order chi connectivity index (χ0) is 9.97. The lowest BCUT2D eigenvalue weighted by atomic mass is 10.1. The van der Waals surface area contributed by atoms with Gasteiger partial charge in [-0.1, -0.05) is 0 Å². The van der Waals surface area contributed by atoms with Gasteiger partial charge in [-0.25, -0.2) is 0 Å². The van der Waals surface area contributed by atoms with E-state index in [1.54, 1.807) is 18.3 Å². The molecule has 70 valence electrons. The van der Waals surface area contributed by atoms with Crippen molar-refractivity contribution in [3.05, 3.63) is 42.2 Å². The molecule has 0 saturated heterocycles. The summed E-state index contributed by atoms with van der Waals surface area (Å²) >= 11 is 0. The predicted octanol–water partition coefficient (Wildman–Crippen LogP) is 1.90. The number of aryl methyl sites for hydroxylation is 1. The van der Waals surface area contributed by atoms with Crippen LogP contribution in [-0.2, 0) is 7.05 Å². The molecular formula is C11H10N2O. The number of carbonyl (C=O) groups is 1. The van der Waals surface area contributed by atoms with Gasteiger partial charge in [0, 0.05) is 25.0 Å². The van der Waals surface area contributed by atoms with Crippen LogP contribution in [0.15, 0.2) is 36.7 Å². The lowest BCUT2D eigenvalue weighted by Gasteiger charge is -2.04. The Labute approximate surface area is 82.0 Å². The van der Waals surface area contributed by atoms with Crippen molar-refractivity contribution < 1.29 is 4.79 Å². The summed E-state index contributed by atoms with van der Waals surface area (Å²) in [6.45, 7) is 0. The average molecular weight is 186 g/mol. The molecule has 0 radical (unpaired) electrons. The third-order valence-electron chi connectivity index (χ3n) is 2.15. The Kier molecular flexibility index (Phi) is 2.14. The standard InChI is InChI=1S/C11H10N2O/c1-13-7-3-5-10(13)11-9(8-14)4-2-6-12-11/h2-8H,1H3. The molecule has 0 bridgehead atoms. The van der Waals surface area contributed by atoms with Gasteiger partial charge in [0.2, 0.25) is 0 Å². The van der Waals surface area contributed by atoms with Gasteiger partial charge in [0.25, 0.3) is 0 Å². The second kappa shape index (κ2) is 3.46. The minimum atomic E-state index is 0.620. The maximum absolute atomic E-state index is 10.8. The smallest absolute Gasteiger partial charge is 0.152 e. The molecule has 0 amide bonds. The van der Waals surface area contributed by atoms with E-state index in [0.717, 1.165) is 17.7 Å². The molecule has 0 N–H and O–H groups in total. The molecular weight excluding hydrogens is 176 g/mol. The van der Waals surface area contributed by atoms with Gasteiger partial charge >= 0.3 is 0 Å². The second-order valence-electron chi connectivity index (χ2n) is 3.06. The summed E-state index contributed by atoms with van der Waals surface area (Å²) in [5.74, 6) is 0. The van der Waals surface area contributed by atoms with Gasteiger partial charge < -0.3 is 4.57 Å². The van der Waals surface area contributed by atoms with Gasteiger partial charge in [-0.05, 0) is 24.3 Å². The van der Waals surface area contributed by atoms with E-state index in [4.69, 9.17) is 0 Å². The number of rotatable bonds is 2. The molecule has 0 unspecified atom stereocenters. The molecule has 0 saturated carbocycles. The highest BCUT2D eigenvalue weighted by molar-refractivity contribution is 5.84. The van der Waals surface area contributed by atoms with Crippen molar-refractivity contribution in [1.82, 2.24) is 9.55 Å². The van der Waals surface area contributed by atoms with Crippen molar-refractivity contribution in [2.45, 2.75) is 0 Å². The van der Waals surface area contributed by atoms with Crippen LogP contribution in [0.4, 0.5) is 0 Å². The first kappa shape index (κ1) is 8.69. The van der Waals surface area contributed by atoms with Gasteiger partial charge in [-0.2, -0.15) is 0 Å². The first-order valence-electron chi connectivity index (χ1n) is 4.35. The molecule has 14 heavy (non-hydrogen) atoms. The van der Waals surface area contributed by atoms with E-state index in [1.807, 2.05) is 29.9 Å². The number of nitrogens with zero attached hydrogens (tertiary/aromatic N) is 2. The molecule has 0 spiro atoms. The van der Waals surface area contributed by atoms with Gasteiger partial charge in [0.05, 0.1) is 11.4 Å². The fourth-order valence-corrected chi connectivity index (χ4v) is 1.43. The Balaban J connectivity index is 2.62. The van der Waals surface area contributed by atoms with Crippen LogP contribution >= 0.6 is 0 Å². The van der Waals surface area contributed by atoms with E-state index < -0.39 is 0 Å². The van der Waals surface area contributed by atoms with Gasteiger partial charge in [0.15, 0.2) is 6.29 Å². The molecule has 0 aromatic carbocycles. The van der Waals surface area contributed by atoms with Crippen molar-refractivity contribution in [1.29, 1.82) is 0 Å². The number of hydrogen-bond donors (Lipinski definition) is 0. The largest absolute Gasteiger partial charge is 0.349 e. The molecule has 3 nitrogen and oxygen atoms in total. The van der Waals surface area contributed by atoms with Crippen LogP contribution in [0.1, 0.15) is 10.4 Å². The third-order valence-corrected chi connectivity index (χ3v) is 2.15. The Morgan fingerprint density at radius 1 is 1.36 bits per heavy atom. The van der Waals surface area contributed by atoms with Crippen LogP contribution in [0.3, 0.4) is 0 Å². The fourth-order valence-electron chi connectivity index (χ4n) is 1.43. The van der Waals surface area contributed by atoms with E-state index in [1.165, 1.54) is 0 Å². The summed E-state index contributed by atoms with van der Waals surface area (Å²) in [6, 6.07) is 7.40. The highest BCUT2D eigenvalue weighted by Gasteiger charge is 2.07. The summed E-state index contributed by atoms with van der Waals surface area (Å²) in [5, 5.41) is 0. The molecule has 2 aromatic heterocycles. The zero-order valence-corrected chi connectivity index (χ0v) is 7.84. The molecule has 2 rings (SSSR count). The summed E-state index contributed by atoms with van der Waals surface area (Å²) in [4.78, 5) is 15.0. The SMILES string of the molecule is Cn1cccc1-c1ncccc1C=O.